The summed E-state index contributed by atoms with van der Waals surface area (Å²) in [7, 11) is 0. The van der Waals surface area contributed by atoms with E-state index >= 15 is 0 Å². The van der Waals surface area contributed by atoms with Gasteiger partial charge in [-0.25, -0.2) is 13.5 Å². The fraction of sp³-hybridized carbons (Fsp3) is 0.750. The molecule has 0 aliphatic carbocycles. The fourth-order valence-corrected chi connectivity index (χ4v) is 1.32. The number of carboxylic acids is 1. The van der Waals surface area contributed by atoms with Gasteiger partial charge in [0, 0.05) is 13.0 Å². The van der Waals surface area contributed by atoms with E-state index in [4.69, 9.17) is 5.11 Å². The van der Waals surface area contributed by atoms with Gasteiger partial charge in [-0.05, 0) is 16.3 Å². The molecule has 0 bridgehead atoms. The van der Waals surface area contributed by atoms with E-state index in [0.29, 0.717) is 4.68 Å². The van der Waals surface area contributed by atoms with E-state index in [2.05, 4.69) is 15.5 Å². The van der Waals surface area contributed by atoms with E-state index < -0.39 is 30.1 Å². The Morgan fingerprint density at radius 3 is 2.61 bits per heavy atom. The van der Waals surface area contributed by atoms with Crippen molar-refractivity contribution in [3.05, 3.63) is 5.82 Å². The van der Waals surface area contributed by atoms with Crippen LogP contribution in [0.15, 0.2) is 0 Å². The van der Waals surface area contributed by atoms with Crippen molar-refractivity contribution in [1.82, 2.24) is 20.2 Å². The zero-order chi connectivity index (χ0) is 13.9. The van der Waals surface area contributed by atoms with Gasteiger partial charge in [0.25, 0.3) is 0 Å². The van der Waals surface area contributed by atoms with Crippen molar-refractivity contribution in [2.75, 3.05) is 0 Å². The van der Waals surface area contributed by atoms with E-state index in [9.17, 15) is 22.4 Å². The predicted molar refractivity (Wildman–Crippen MR) is 49.1 cm³/mol. The Kier molecular flexibility index (Phi) is 4.19. The van der Waals surface area contributed by atoms with Crippen molar-refractivity contribution in [3.8, 4) is 0 Å². The number of hydrogen-bond acceptors (Lipinski definition) is 4. The minimum Gasteiger partial charge on any atom is -0.481 e. The molecule has 10 heteroatoms. The second-order valence-corrected chi connectivity index (χ2v) is 3.81. The summed E-state index contributed by atoms with van der Waals surface area (Å²) in [4.78, 5) is 10.4. The summed E-state index contributed by atoms with van der Waals surface area (Å²) in [6, 6.07) is 0. The third-order valence-electron chi connectivity index (χ3n) is 2.11. The van der Waals surface area contributed by atoms with Gasteiger partial charge in [-0.2, -0.15) is 8.78 Å². The van der Waals surface area contributed by atoms with Gasteiger partial charge < -0.3 is 5.11 Å². The van der Waals surface area contributed by atoms with E-state index in [1.165, 1.54) is 6.92 Å². The van der Waals surface area contributed by atoms with Crippen LogP contribution in [0.5, 0.6) is 0 Å². The summed E-state index contributed by atoms with van der Waals surface area (Å²) in [6.07, 6.45) is -4.24. The molecule has 1 heterocycles. The first kappa shape index (κ1) is 14.3. The topological polar surface area (TPSA) is 80.9 Å². The zero-order valence-corrected chi connectivity index (χ0v) is 9.23. The van der Waals surface area contributed by atoms with Gasteiger partial charge in [-0.15, -0.1) is 5.10 Å². The molecule has 1 N–H and O–H groups in total. The maximum absolute atomic E-state index is 13.1. The molecule has 102 valence electrons. The molecule has 1 aromatic heterocycles. The van der Waals surface area contributed by atoms with Crippen LogP contribution in [0.3, 0.4) is 0 Å². The first-order valence-corrected chi connectivity index (χ1v) is 4.89. The fourth-order valence-electron chi connectivity index (χ4n) is 1.32. The summed E-state index contributed by atoms with van der Waals surface area (Å²) in [5.41, 5.74) is 0. The summed E-state index contributed by atoms with van der Waals surface area (Å²) >= 11 is 0. The molecule has 0 saturated carbocycles. The van der Waals surface area contributed by atoms with Crippen molar-refractivity contribution in [2.24, 2.45) is 5.92 Å². The largest absolute Gasteiger partial charge is 0.481 e. The first-order chi connectivity index (χ1) is 8.25. The molecular weight excluding hydrogens is 260 g/mol. The average Bonchev–Trinajstić information content (AvgIpc) is 2.64. The molecule has 18 heavy (non-hydrogen) atoms. The van der Waals surface area contributed by atoms with Gasteiger partial charge in [-0.1, -0.05) is 6.92 Å². The number of hydrogen-bond donors (Lipinski definition) is 1. The molecule has 1 rings (SSSR count). The monoisotopic (exact) mass is 270 g/mol. The third-order valence-corrected chi connectivity index (χ3v) is 2.11. The molecule has 1 unspecified atom stereocenters. The summed E-state index contributed by atoms with van der Waals surface area (Å²) in [5.74, 6) is -7.43. The lowest BCUT2D eigenvalue weighted by molar-refractivity contribution is -0.144. The van der Waals surface area contributed by atoms with Gasteiger partial charge in [0.2, 0.25) is 5.82 Å². The Hall–Kier alpha value is -1.74. The Balaban J connectivity index is 2.86. The SMILES string of the molecule is CC(CC(=O)O)Cn1nnnc1C(F)(F)C(F)F. The molecule has 0 aliphatic heterocycles. The van der Waals surface area contributed by atoms with Crippen LogP contribution in [0.2, 0.25) is 0 Å². The summed E-state index contributed by atoms with van der Waals surface area (Å²) < 4.78 is 50.9. The maximum Gasteiger partial charge on any atom is 0.367 e. The van der Waals surface area contributed by atoms with E-state index in [-0.39, 0.29) is 13.0 Å². The van der Waals surface area contributed by atoms with Gasteiger partial charge in [0.1, 0.15) is 0 Å². The Bertz CT molecular complexity index is 423. The second-order valence-electron chi connectivity index (χ2n) is 3.81. The van der Waals surface area contributed by atoms with Crippen LogP contribution in [0, 0.1) is 5.92 Å². The highest BCUT2D eigenvalue weighted by Gasteiger charge is 2.48. The highest BCUT2D eigenvalue weighted by molar-refractivity contribution is 5.66. The lowest BCUT2D eigenvalue weighted by atomic mass is 10.1. The van der Waals surface area contributed by atoms with Crippen LogP contribution in [0.4, 0.5) is 17.6 Å². The van der Waals surface area contributed by atoms with Gasteiger partial charge in [0.05, 0.1) is 0 Å². The van der Waals surface area contributed by atoms with Crippen LogP contribution in [-0.4, -0.2) is 37.7 Å². The van der Waals surface area contributed by atoms with Gasteiger partial charge in [0.15, 0.2) is 0 Å². The molecule has 0 amide bonds. The normalized spacial score (nSPS) is 13.9. The van der Waals surface area contributed by atoms with Crippen LogP contribution < -0.4 is 0 Å². The molecule has 0 saturated heterocycles. The van der Waals surface area contributed by atoms with Crippen LogP contribution in [0.1, 0.15) is 19.2 Å². The number of aromatic nitrogens is 4. The lowest BCUT2D eigenvalue weighted by Gasteiger charge is -2.15. The molecule has 6 nitrogen and oxygen atoms in total. The van der Waals surface area contributed by atoms with Crippen molar-refractivity contribution < 1.29 is 27.5 Å². The molecule has 0 aromatic carbocycles. The summed E-state index contributed by atoms with van der Waals surface area (Å²) in [6.45, 7) is 1.18. The van der Waals surface area contributed by atoms with Crippen LogP contribution in [0.25, 0.3) is 0 Å². The van der Waals surface area contributed by atoms with E-state index in [1.807, 2.05) is 0 Å². The number of carbonyl (C=O) groups is 1. The van der Waals surface area contributed by atoms with Crippen molar-refractivity contribution >= 4 is 5.97 Å². The zero-order valence-electron chi connectivity index (χ0n) is 9.23. The molecule has 0 spiro atoms. The maximum atomic E-state index is 13.1. The molecule has 1 aromatic rings. The number of carboxylic acid groups (broad SMARTS) is 1. The number of alkyl halides is 4. The van der Waals surface area contributed by atoms with Gasteiger partial charge >= 0.3 is 18.3 Å². The van der Waals surface area contributed by atoms with Crippen LogP contribution >= 0.6 is 0 Å². The van der Waals surface area contributed by atoms with Gasteiger partial charge in [-0.3, -0.25) is 4.79 Å². The highest BCUT2D eigenvalue weighted by atomic mass is 19.3. The first-order valence-electron chi connectivity index (χ1n) is 4.89. The second kappa shape index (κ2) is 5.27. The minimum atomic E-state index is -4.47. The lowest BCUT2D eigenvalue weighted by Crippen LogP contribution is -2.29. The molecular formula is C8H10F4N4O2. The molecule has 0 radical (unpaired) electrons. The quantitative estimate of drug-likeness (QED) is 0.784. The smallest absolute Gasteiger partial charge is 0.367 e. The minimum absolute atomic E-state index is 0.281. The summed E-state index contributed by atoms with van der Waals surface area (Å²) in [5, 5.41) is 17.4. The Morgan fingerprint density at radius 2 is 2.11 bits per heavy atom. The molecule has 1 atom stereocenters. The number of tetrazole rings is 1. The standard InChI is InChI=1S/C8H10F4N4O2/c1-4(2-5(17)18)3-16-7(13-14-15-16)8(11,12)6(9)10/h4,6H,2-3H2,1H3,(H,17,18). The van der Waals surface area contributed by atoms with Crippen molar-refractivity contribution in [3.63, 3.8) is 0 Å². The molecule has 0 fully saturated rings. The Morgan fingerprint density at radius 1 is 1.50 bits per heavy atom. The van der Waals surface area contributed by atoms with E-state index in [1.54, 1.807) is 0 Å². The third kappa shape index (κ3) is 3.14. The number of halogens is 4. The van der Waals surface area contributed by atoms with Crippen LogP contribution in [-0.2, 0) is 17.3 Å². The average molecular weight is 270 g/mol. The van der Waals surface area contributed by atoms with Crippen molar-refractivity contribution in [1.29, 1.82) is 0 Å². The predicted octanol–water partition coefficient (Wildman–Crippen LogP) is 1.14. The number of aliphatic carboxylic acids is 1. The Labute approximate surface area is 98.6 Å². The van der Waals surface area contributed by atoms with Crippen molar-refractivity contribution in [2.45, 2.75) is 32.2 Å². The highest BCUT2D eigenvalue weighted by Crippen LogP contribution is 2.32. The van der Waals surface area contributed by atoms with E-state index in [0.717, 1.165) is 0 Å². The number of rotatable bonds is 6. The molecule has 0 aliphatic rings. The number of nitrogens with zero attached hydrogens (tertiary/aromatic N) is 4.